The topological polar surface area (TPSA) is 49.9 Å². The van der Waals surface area contributed by atoms with Crippen LogP contribution in [-0.4, -0.2) is 47.9 Å². The quantitative estimate of drug-likeness (QED) is 0.432. The molecule has 2 aliphatic rings. The van der Waals surface area contributed by atoms with Crippen LogP contribution in [0.15, 0.2) is 29.6 Å². The fourth-order valence-electron chi connectivity index (χ4n) is 5.43. The molecule has 6 heteroatoms. The molecule has 1 aromatic carbocycles. The Hall–Kier alpha value is -2.34. The molecule has 1 aliphatic heterocycles. The van der Waals surface area contributed by atoms with Gasteiger partial charge in [-0.1, -0.05) is 50.8 Å². The van der Waals surface area contributed by atoms with Gasteiger partial charge in [-0.2, -0.15) is 0 Å². The van der Waals surface area contributed by atoms with Crippen molar-refractivity contribution in [2.75, 3.05) is 26.2 Å². The zero-order valence-corrected chi connectivity index (χ0v) is 22.5. The van der Waals surface area contributed by atoms with Crippen LogP contribution in [0.1, 0.15) is 73.6 Å². The molecule has 0 bridgehead atoms. The third-order valence-electron chi connectivity index (χ3n) is 7.71. The maximum atomic E-state index is 13.7. The molecule has 1 aliphatic carbocycles. The standard InChI is InChI=1S/C29H40N2O3S/c1-5-20(2)17-30(29(33)23-8-6-7-9-23)18-28(32)31-14-12-27-24(13-15-35-27)25(31)19-34-26-11-10-21(3)16-22(26)4/h10-11,13,15-16,20,23,25H,5-9,12,14,17-19H2,1-4H3/t20-,25+/m0/s1. The lowest BCUT2D eigenvalue weighted by atomic mass is 10.00. The van der Waals surface area contributed by atoms with Crippen LogP contribution in [0.5, 0.6) is 5.75 Å². The van der Waals surface area contributed by atoms with Crippen molar-refractivity contribution >= 4 is 23.2 Å². The van der Waals surface area contributed by atoms with Crippen molar-refractivity contribution in [3.8, 4) is 5.75 Å². The van der Waals surface area contributed by atoms with Crippen LogP contribution in [0.2, 0.25) is 0 Å². The summed E-state index contributed by atoms with van der Waals surface area (Å²) in [7, 11) is 0. The summed E-state index contributed by atoms with van der Waals surface area (Å²) in [5.74, 6) is 1.53. The van der Waals surface area contributed by atoms with E-state index in [4.69, 9.17) is 4.74 Å². The first kappa shape index (κ1) is 25.7. The van der Waals surface area contributed by atoms with Gasteiger partial charge >= 0.3 is 0 Å². The van der Waals surface area contributed by atoms with Gasteiger partial charge in [-0.15, -0.1) is 11.3 Å². The molecule has 0 radical (unpaired) electrons. The SMILES string of the molecule is CC[C@H](C)CN(CC(=O)N1CCc2sccc2[C@H]1COc1ccc(C)cc1C)C(=O)C1CCCC1. The van der Waals surface area contributed by atoms with E-state index in [1.807, 2.05) is 15.9 Å². The Morgan fingerprint density at radius 1 is 1.20 bits per heavy atom. The molecule has 5 nitrogen and oxygen atoms in total. The molecule has 1 fully saturated rings. The van der Waals surface area contributed by atoms with E-state index < -0.39 is 0 Å². The summed E-state index contributed by atoms with van der Waals surface area (Å²) >= 11 is 1.76. The van der Waals surface area contributed by atoms with Crippen LogP contribution >= 0.6 is 11.3 Å². The molecule has 1 saturated carbocycles. The lowest BCUT2D eigenvalue weighted by Crippen LogP contribution is -2.49. The molecule has 2 aromatic rings. The highest BCUT2D eigenvalue weighted by Crippen LogP contribution is 2.35. The average molecular weight is 497 g/mol. The zero-order valence-electron chi connectivity index (χ0n) is 21.7. The minimum Gasteiger partial charge on any atom is -0.491 e. The molecule has 2 amide bonds. The Bertz CT molecular complexity index is 1030. The lowest BCUT2D eigenvalue weighted by molar-refractivity contribution is -0.145. The third kappa shape index (κ3) is 6.08. The smallest absolute Gasteiger partial charge is 0.242 e. The van der Waals surface area contributed by atoms with E-state index in [0.29, 0.717) is 25.6 Å². The van der Waals surface area contributed by atoms with E-state index in [2.05, 4.69) is 51.3 Å². The van der Waals surface area contributed by atoms with E-state index >= 15 is 0 Å². The average Bonchev–Trinajstić information content (AvgIpc) is 3.54. The predicted molar refractivity (Wildman–Crippen MR) is 142 cm³/mol. The van der Waals surface area contributed by atoms with Crippen molar-refractivity contribution in [1.82, 2.24) is 9.80 Å². The molecule has 190 valence electrons. The number of fused-ring (bicyclic) bond motifs is 1. The van der Waals surface area contributed by atoms with Crippen LogP contribution in [0.4, 0.5) is 0 Å². The molecule has 0 saturated heterocycles. The van der Waals surface area contributed by atoms with Gasteiger partial charge < -0.3 is 14.5 Å². The van der Waals surface area contributed by atoms with Crippen LogP contribution in [0.3, 0.4) is 0 Å². The zero-order chi connectivity index (χ0) is 24.9. The van der Waals surface area contributed by atoms with E-state index in [0.717, 1.165) is 49.8 Å². The third-order valence-corrected chi connectivity index (χ3v) is 8.71. The fourth-order valence-corrected chi connectivity index (χ4v) is 6.36. The highest BCUT2D eigenvalue weighted by atomic mass is 32.1. The van der Waals surface area contributed by atoms with Gasteiger partial charge in [0.15, 0.2) is 0 Å². The number of carbonyl (C=O) groups excluding carboxylic acids is 2. The second-order valence-corrected chi connectivity index (χ2v) is 11.4. The van der Waals surface area contributed by atoms with Crippen molar-refractivity contribution < 1.29 is 14.3 Å². The molecule has 2 heterocycles. The number of nitrogens with zero attached hydrogens (tertiary/aromatic N) is 2. The molecule has 0 spiro atoms. The number of aryl methyl sites for hydroxylation is 2. The summed E-state index contributed by atoms with van der Waals surface area (Å²) in [5, 5.41) is 2.11. The fraction of sp³-hybridized carbons (Fsp3) is 0.586. The summed E-state index contributed by atoms with van der Waals surface area (Å²) in [4.78, 5) is 32.3. The summed E-state index contributed by atoms with van der Waals surface area (Å²) in [6.45, 7) is 10.4. The molecule has 0 N–H and O–H groups in total. The van der Waals surface area contributed by atoms with Crippen molar-refractivity contribution in [2.45, 2.75) is 72.3 Å². The summed E-state index contributed by atoms with van der Waals surface area (Å²) in [6.07, 6.45) is 6.01. The minimum absolute atomic E-state index is 0.0331. The van der Waals surface area contributed by atoms with Crippen LogP contribution in [-0.2, 0) is 16.0 Å². The summed E-state index contributed by atoms with van der Waals surface area (Å²) < 4.78 is 6.28. The van der Waals surface area contributed by atoms with Crippen LogP contribution in [0.25, 0.3) is 0 Å². The number of amides is 2. The van der Waals surface area contributed by atoms with Crippen LogP contribution in [0, 0.1) is 25.7 Å². The normalized spacial score (nSPS) is 18.9. The number of carbonyl (C=O) groups is 2. The Kier molecular flexibility index (Phi) is 8.53. The van der Waals surface area contributed by atoms with Gasteiger partial charge in [-0.3, -0.25) is 9.59 Å². The van der Waals surface area contributed by atoms with E-state index in [1.165, 1.54) is 16.0 Å². The molecular weight excluding hydrogens is 456 g/mol. The second kappa shape index (κ2) is 11.6. The van der Waals surface area contributed by atoms with Gasteiger partial charge in [0, 0.05) is 23.9 Å². The van der Waals surface area contributed by atoms with E-state index in [-0.39, 0.29) is 30.3 Å². The van der Waals surface area contributed by atoms with Crippen molar-refractivity contribution in [1.29, 1.82) is 0 Å². The predicted octanol–water partition coefficient (Wildman–Crippen LogP) is 5.93. The molecule has 0 unspecified atom stereocenters. The van der Waals surface area contributed by atoms with Gasteiger partial charge in [0.2, 0.25) is 11.8 Å². The van der Waals surface area contributed by atoms with Gasteiger partial charge in [0.1, 0.15) is 12.4 Å². The first-order chi connectivity index (χ1) is 16.9. The van der Waals surface area contributed by atoms with Gasteiger partial charge in [-0.05, 0) is 67.7 Å². The maximum Gasteiger partial charge on any atom is 0.242 e. The minimum atomic E-state index is -0.134. The van der Waals surface area contributed by atoms with Gasteiger partial charge in [-0.25, -0.2) is 0 Å². The Labute approximate surface area is 214 Å². The van der Waals surface area contributed by atoms with E-state index in [9.17, 15) is 9.59 Å². The van der Waals surface area contributed by atoms with Gasteiger partial charge in [0.25, 0.3) is 0 Å². The van der Waals surface area contributed by atoms with Crippen molar-refractivity contribution in [3.63, 3.8) is 0 Å². The summed E-state index contributed by atoms with van der Waals surface area (Å²) in [6, 6.07) is 8.20. The maximum absolute atomic E-state index is 13.7. The molecule has 35 heavy (non-hydrogen) atoms. The Morgan fingerprint density at radius 3 is 2.69 bits per heavy atom. The van der Waals surface area contributed by atoms with Gasteiger partial charge in [0.05, 0.1) is 12.6 Å². The number of hydrogen-bond acceptors (Lipinski definition) is 4. The second-order valence-electron chi connectivity index (χ2n) is 10.4. The molecule has 2 atom stereocenters. The Balaban J connectivity index is 1.51. The number of benzene rings is 1. The monoisotopic (exact) mass is 496 g/mol. The number of rotatable bonds is 9. The highest BCUT2D eigenvalue weighted by molar-refractivity contribution is 7.10. The molecule has 1 aromatic heterocycles. The largest absolute Gasteiger partial charge is 0.491 e. The first-order valence-electron chi connectivity index (χ1n) is 13.2. The van der Waals surface area contributed by atoms with E-state index in [1.54, 1.807) is 11.3 Å². The molecule has 4 rings (SSSR count). The molecular formula is C29H40N2O3S. The van der Waals surface area contributed by atoms with Crippen molar-refractivity contribution in [2.24, 2.45) is 11.8 Å². The lowest BCUT2D eigenvalue weighted by Gasteiger charge is -2.38. The summed E-state index contributed by atoms with van der Waals surface area (Å²) in [5.41, 5.74) is 3.50. The number of thiophene rings is 1. The first-order valence-corrected chi connectivity index (χ1v) is 14.1. The highest BCUT2D eigenvalue weighted by Gasteiger charge is 2.35. The number of hydrogen-bond donors (Lipinski definition) is 0. The van der Waals surface area contributed by atoms with Crippen molar-refractivity contribution in [3.05, 3.63) is 51.2 Å². The Morgan fingerprint density at radius 2 is 1.97 bits per heavy atom. The number of ether oxygens (including phenoxy) is 1. The van der Waals surface area contributed by atoms with Crippen LogP contribution < -0.4 is 4.74 Å².